The molecule has 192 valence electrons. The topological polar surface area (TPSA) is 213 Å². The highest BCUT2D eigenvalue weighted by molar-refractivity contribution is 6.13. The maximum absolute atomic E-state index is 12.4. The molecule has 13 nitrogen and oxygen atoms in total. The molecule has 1 aliphatic rings. The van der Waals surface area contributed by atoms with Crippen LogP contribution >= 0.6 is 0 Å². The van der Waals surface area contributed by atoms with Gasteiger partial charge in [0, 0.05) is 25.1 Å². The molecule has 2 unspecified atom stereocenters. The van der Waals surface area contributed by atoms with Crippen molar-refractivity contribution in [3.8, 4) is 0 Å². The fourth-order valence-electron chi connectivity index (χ4n) is 2.97. The zero-order valence-electron chi connectivity index (χ0n) is 19.7. The summed E-state index contributed by atoms with van der Waals surface area (Å²) in [5, 5.41) is 21.5. The fourth-order valence-corrected chi connectivity index (χ4v) is 2.97. The molecule has 0 radical (unpaired) electrons. The first-order valence-corrected chi connectivity index (χ1v) is 11.0. The fraction of sp³-hybridized carbons (Fsp3) is 0.619. The molecule has 0 bridgehead atoms. The molecule has 1 aliphatic heterocycles. The second-order valence-electron chi connectivity index (χ2n) is 7.92. The number of nitrogens with two attached hydrogens (primary N) is 2. The molecule has 0 aliphatic carbocycles. The Kier molecular flexibility index (Phi) is 13.8. The Balaban J connectivity index is 0.000000770. The number of aliphatic carboxylic acids is 2. The van der Waals surface area contributed by atoms with Crippen LogP contribution in [0.4, 0.5) is 4.79 Å². The lowest BCUT2D eigenvalue weighted by atomic mass is 10.0. The summed E-state index contributed by atoms with van der Waals surface area (Å²) < 4.78 is 0. The number of rotatable bonds is 13. The van der Waals surface area contributed by atoms with Crippen LogP contribution in [0.1, 0.15) is 59.3 Å². The number of carboxylic acids is 2. The SMILES string of the molecule is CCCCCC(=O)N(C(C(=O)O)C(C)C)N1C(=O)C=CC1=O.NC(=O)NCCCC(N)C(=O)O. The van der Waals surface area contributed by atoms with E-state index in [0.717, 1.165) is 30.0 Å². The quantitative estimate of drug-likeness (QED) is 0.177. The molecule has 34 heavy (non-hydrogen) atoms. The standard InChI is InChI=1S/C15H22N2O5.C6H13N3O3/c1-4-5-6-7-11(18)17(14(10(2)3)15(21)22)16-12(19)8-9-13(16)20;7-4(5(10)11)2-1-3-9-6(8)12/h8-10,14H,4-7H2,1-3H3,(H,21,22);4H,1-3,7H2,(H,10,11)(H3,8,9,12). The van der Waals surface area contributed by atoms with Gasteiger partial charge in [-0.15, -0.1) is 0 Å². The Labute approximate surface area is 198 Å². The van der Waals surface area contributed by atoms with Crippen LogP contribution in [0.25, 0.3) is 0 Å². The van der Waals surface area contributed by atoms with E-state index in [2.05, 4.69) is 5.32 Å². The van der Waals surface area contributed by atoms with E-state index in [1.54, 1.807) is 13.8 Å². The van der Waals surface area contributed by atoms with Crippen LogP contribution in [0.5, 0.6) is 0 Å². The van der Waals surface area contributed by atoms with Crippen molar-refractivity contribution in [1.82, 2.24) is 15.3 Å². The van der Waals surface area contributed by atoms with Crippen molar-refractivity contribution in [2.45, 2.75) is 71.4 Å². The van der Waals surface area contributed by atoms with E-state index >= 15 is 0 Å². The van der Waals surface area contributed by atoms with Crippen LogP contribution < -0.4 is 16.8 Å². The number of amides is 5. The van der Waals surface area contributed by atoms with Gasteiger partial charge in [0.25, 0.3) is 11.8 Å². The van der Waals surface area contributed by atoms with Crippen molar-refractivity contribution in [2.24, 2.45) is 17.4 Å². The Hall–Kier alpha value is -3.48. The zero-order chi connectivity index (χ0) is 26.4. The first-order chi connectivity index (χ1) is 15.8. The molecular weight excluding hydrogens is 450 g/mol. The molecule has 2 atom stereocenters. The largest absolute Gasteiger partial charge is 0.480 e. The molecule has 1 heterocycles. The van der Waals surface area contributed by atoms with Crippen LogP contribution in [0.3, 0.4) is 0 Å². The smallest absolute Gasteiger partial charge is 0.328 e. The molecule has 0 aromatic heterocycles. The number of urea groups is 1. The minimum atomic E-state index is -1.26. The van der Waals surface area contributed by atoms with Gasteiger partial charge in [-0.25, -0.2) is 14.6 Å². The summed E-state index contributed by atoms with van der Waals surface area (Å²) in [7, 11) is 0. The van der Waals surface area contributed by atoms with Gasteiger partial charge >= 0.3 is 18.0 Å². The minimum Gasteiger partial charge on any atom is -0.480 e. The second kappa shape index (κ2) is 15.4. The highest BCUT2D eigenvalue weighted by atomic mass is 16.4. The lowest BCUT2D eigenvalue weighted by Gasteiger charge is -2.36. The van der Waals surface area contributed by atoms with E-state index in [1.807, 2.05) is 6.92 Å². The molecule has 0 aromatic carbocycles. The predicted octanol–water partition coefficient (Wildman–Crippen LogP) is 0.191. The van der Waals surface area contributed by atoms with Crippen LogP contribution in [0.15, 0.2) is 12.2 Å². The molecule has 0 spiro atoms. The number of carbonyl (C=O) groups is 6. The minimum absolute atomic E-state index is 0.0986. The first kappa shape index (κ1) is 30.5. The van der Waals surface area contributed by atoms with Crippen molar-refractivity contribution in [3.63, 3.8) is 0 Å². The van der Waals surface area contributed by atoms with Gasteiger partial charge in [0.1, 0.15) is 6.04 Å². The summed E-state index contributed by atoms with van der Waals surface area (Å²) in [4.78, 5) is 68.0. The van der Waals surface area contributed by atoms with Gasteiger partial charge in [0.2, 0.25) is 5.91 Å². The Morgan fingerprint density at radius 1 is 1.03 bits per heavy atom. The number of hydrogen-bond donors (Lipinski definition) is 5. The van der Waals surface area contributed by atoms with Crippen LogP contribution in [0.2, 0.25) is 0 Å². The second-order valence-corrected chi connectivity index (χ2v) is 7.92. The summed E-state index contributed by atoms with van der Waals surface area (Å²) in [6, 6.07) is -2.74. The Bertz CT molecular complexity index is 765. The molecule has 0 aromatic rings. The first-order valence-electron chi connectivity index (χ1n) is 11.0. The lowest BCUT2D eigenvalue weighted by Crippen LogP contribution is -2.58. The summed E-state index contributed by atoms with van der Waals surface area (Å²) >= 11 is 0. The molecule has 0 saturated heterocycles. The van der Waals surface area contributed by atoms with Gasteiger partial charge in [0.15, 0.2) is 6.04 Å². The predicted molar refractivity (Wildman–Crippen MR) is 121 cm³/mol. The van der Waals surface area contributed by atoms with Gasteiger partial charge in [-0.3, -0.25) is 19.2 Å². The maximum Gasteiger partial charge on any atom is 0.328 e. The Morgan fingerprint density at radius 2 is 1.59 bits per heavy atom. The van der Waals surface area contributed by atoms with E-state index in [-0.39, 0.29) is 6.42 Å². The van der Waals surface area contributed by atoms with Gasteiger partial charge in [-0.1, -0.05) is 33.6 Å². The number of nitrogens with zero attached hydrogens (tertiary/aromatic N) is 2. The van der Waals surface area contributed by atoms with Crippen molar-refractivity contribution < 1.29 is 39.0 Å². The van der Waals surface area contributed by atoms with Gasteiger partial charge in [-0.05, 0) is 25.2 Å². The van der Waals surface area contributed by atoms with Crippen LogP contribution in [0, 0.1) is 5.92 Å². The van der Waals surface area contributed by atoms with Crippen molar-refractivity contribution in [2.75, 3.05) is 6.54 Å². The monoisotopic (exact) mass is 485 g/mol. The zero-order valence-corrected chi connectivity index (χ0v) is 19.7. The number of hydrazine groups is 1. The number of hydrogen-bond acceptors (Lipinski definition) is 7. The highest BCUT2D eigenvalue weighted by Gasteiger charge is 2.41. The third-order valence-corrected chi connectivity index (χ3v) is 4.71. The summed E-state index contributed by atoms with van der Waals surface area (Å²) in [6.45, 7) is 5.59. The number of nitrogens with one attached hydrogen (secondary N) is 1. The number of carboxylic acid groups (broad SMARTS) is 2. The number of imide groups is 1. The van der Waals surface area contributed by atoms with E-state index in [9.17, 15) is 33.9 Å². The van der Waals surface area contributed by atoms with Crippen molar-refractivity contribution >= 4 is 35.7 Å². The number of carbonyl (C=O) groups excluding carboxylic acids is 4. The normalized spacial score (nSPS) is 14.3. The van der Waals surface area contributed by atoms with Gasteiger partial charge in [-0.2, -0.15) is 5.01 Å². The molecule has 7 N–H and O–H groups in total. The molecular formula is C21H35N5O8. The average Bonchev–Trinajstić information content (AvgIpc) is 3.06. The van der Waals surface area contributed by atoms with E-state index in [4.69, 9.17) is 16.6 Å². The van der Waals surface area contributed by atoms with Crippen LogP contribution in [-0.2, 0) is 24.0 Å². The van der Waals surface area contributed by atoms with E-state index in [1.165, 1.54) is 0 Å². The van der Waals surface area contributed by atoms with Crippen LogP contribution in [-0.4, -0.2) is 74.6 Å². The molecule has 1 rings (SSSR count). The average molecular weight is 486 g/mol. The highest BCUT2D eigenvalue weighted by Crippen LogP contribution is 2.20. The summed E-state index contributed by atoms with van der Waals surface area (Å²) in [5.41, 5.74) is 9.96. The molecule has 0 saturated carbocycles. The van der Waals surface area contributed by atoms with Crippen molar-refractivity contribution in [1.29, 1.82) is 0 Å². The Morgan fingerprint density at radius 3 is 2.00 bits per heavy atom. The molecule has 13 heteroatoms. The van der Waals surface area contributed by atoms with Gasteiger partial charge < -0.3 is 27.0 Å². The third-order valence-electron chi connectivity index (χ3n) is 4.71. The molecule has 0 fully saturated rings. The summed E-state index contributed by atoms with van der Waals surface area (Å²) in [6.07, 6.45) is 5.32. The number of unbranched alkanes of at least 4 members (excludes halogenated alkanes) is 2. The van der Waals surface area contributed by atoms with Gasteiger partial charge in [0.05, 0.1) is 0 Å². The third kappa shape index (κ3) is 10.4. The maximum atomic E-state index is 12.4. The lowest BCUT2D eigenvalue weighted by molar-refractivity contribution is -0.179. The summed E-state index contributed by atoms with van der Waals surface area (Å²) in [5.74, 6) is -4.64. The number of primary amides is 1. The van der Waals surface area contributed by atoms with E-state index in [0.29, 0.717) is 30.8 Å². The van der Waals surface area contributed by atoms with E-state index < -0.39 is 53.7 Å². The van der Waals surface area contributed by atoms with Crippen molar-refractivity contribution in [3.05, 3.63) is 12.2 Å². The molecule has 5 amide bonds.